The molecular formula is C24H24BrN3OS. The van der Waals surface area contributed by atoms with Crippen molar-refractivity contribution in [1.29, 1.82) is 0 Å². The summed E-state index contributed by atoms with van der Waals surface area (Å²) >= 11 is 9.32. The van der Waals surface area contributed by atoms with Crippen LogP contribution in [0.1, 0.15) is 30.2 Å². The van der Waals surface area contributed by atoms with Gasteiger partial charge in [0.2, 0.25) is 0 Å². The van der Waals surface area contributed by atoms with Crippen LogP contribution < -0.4 is 5.32 Å². The van der Waals surface area contributed by atoms with Crippen LogP contribution in [0.3, 0.4) is 0 Å². The summed E-state index contributed by atoms with van der Waals surface area (Å²) in [7, 11) is 0. The molecule has 6 heteroatoms. The van der Waals surface area contributed by atoms with Crippen molar-refractivity contribution in [2.75, 3.05) is 0 Å². The first-order chi connectivity index (χ1) is 14.5. The van der Waals surface area contributed by atoms with Gasteiger partial charge in [0.05, 0.1) is 11.2 Å². The molecule has 1 aromatic heterocycles. The van der Waals surface area contributed by atoms with Crippen molar-refractivity contribution in [2.45, 2.75) is 32.0 Å². The molecule has 0 saturated carbocycles. The predicted molar refractivity (Wildman–Crippen MR) is 128 cm³/mol. The molecule has 1 atom stereocenters. The quantitative estimate of drug-likeness (QED) is 0.352. The molecule has 154 valence electrons. The topological polar surface area (TPSA) is 45.2 Å². The summed E-state index contributed by atoms with van der Waals surface area (Å²) in [6.07, 6.45) is 2.87. The molecule has 0 fully saturated rings. The summed E-state index contributed by atoms with van der Waals surface area (Å²) in [5.41, 5.74) is 2.37. The van der Waals surface area contributed by atoms with Crippen molar-refractivity contribution >= 4 is 39.5 Å². The highest BCUT2D eigenvalue weighted by atomic mass is 79.9. The van der Waals surface area contributed by atoms with Crippen LogP contribution in [0.2, 0.25) is 0 Å². The smallest absolute Gasteiger partial charge is 0.170 e. The number of hydrogen-bond donors (Lipinski definition) is 1. The Bertz CT molecular complexity index is 943. The molecule has 3 rings (SSSR count). The van der Waals surface area contributed by atoms with Crippen LogP contribution in [-0.4, -0.2) is 21.3 Å². The van der Waals surface area contributed by atoms with Crippen molar-refractivity contribution in [3.63, 3.8) is 0 Å². The lowest BCUT2D eigenvalue weighted by Gasteiger charge is -2.35. The number of carbonyl (C=O) groups is 1. The van der Waals surface area contributed by atoms with Gasteiger partial charge in [-0.3, -0.25) is 4.98 Å². The number of aromatic nitrogens is 1. The number of benzene rings is 2. The number of nitrogens with one attached hydrogen (secondary N) is 1. The van der Waals surface area contributed by atoms with Crippen molar-refractivity contribution < 1.29 is 4.79 Å². The number of thiocarbonyl (C=S) groups is 1. The van der Waals surface area contributed by atoms with E-state index in [4.69, 9.17) is 12.2 Å². The minimum absolute atomic E-state index is 0.251. The molecule has 1 heterocycles. The highest BCUT2D eigenvalue weighted by Gasteiger charge is 2.30. The maximum atomic E-state index is 11.5. The van der Waals surface area contributed by atoms with Gasteiger partial charge in [0.1, 0.15) is 6.29 Å². The second-order valence-corrected chi connectivity index (χ2v) is 8.62. The third-order valence-corrected chi connectivity index (χ3v) is 5.73. The van der Waals surface area contributed by atoms with E-state index < -0.39 is 5.54 Å². The van der Waals surface area contributed by atoms with Crippen molar-refractivity contribution in [3.8, 4) is 0 Å². The minimum atomic E-state index is -0.714. The summed E-state index contributed by atoms with van der Waals surface area (Å²) in [4.78, 5) is 18.1. The first-order valence-corrected chi connectivity index (χ1v) is 10.9. The van der Waals surface area contributed by atoms with E-state index in [0.29, 0.717) is 18.2 Å². The zero-order valence-electron chi connectivity index (χ0n) is 16.8. The summed E-state index contributed by atoms with van der Waals surface area (Å²) in [5, 5.41) is 4.00. The molecule has 0 radical (unpaired) electrons. The molecule has 0 aliphatic heterocycles. The van der Waals surface area contributed by atoms with Crippen LogP contribution in [0, 0.1) is 0 Å². The predicted octanol–water partition coefficient (Wildman–Crippen LogP) is 5.23. The fourth-order valence-electron chi connectivity index (χ4n) is 3.22. The zero-order valence-corrected chi connectivity index (χ0v) is 19.2. The van der Waals surface area contributed by atoms with Crippen molar-refractivity contribution in [3.05, 3.63) is 100 Å². The standard InChI is InChI=1S/C24H24BrN3OS/c1-24(13-15-29,22-16-21(25)12-14-26-22)27-23(30)28(17-19-8-4-2-5-9-19)18-20-10-6-3-7-11-20/h2-12,14-16H,13,17-18H2,1H3,(H,27,30)/t24-/m0/s1. The Hall–Kier alpha value is -2.57. The SMILES string of the molecule is C[C@@](CC=O)(NC(=S)N(Cc1ccccc1)Cc1ccccc1)c1cc(Br)ccn1. The van der Waals surface area contributed by atoms with Gasteiger partial charge in [-0.2, -0.15) is 0 Å². The molecule has 1 N–H and O–H groups in total. The molecule has 30 heavy (non-hydrogen) atoms. The Labute approximate surface area is 191 Å². The van der Waals surface area contributed by atoms with Gasteiger partial charge < -0.3 is 15.0 Å². The van der Waals surface area contributed by atoms with Gasteiger partial charge in [-0.05, 0) is 42.4 Å². The second kappa shape index (κ2) is 10.5. The molecular weight excluding hydrogens is 458 g/mol. The highest BCUT2D eigenvalue weighted by Crippen LogP contribution is 2.25. The van der Waals surface area contributed by atoms with Gasteiger partial charge in [-0.1, -0.05) is 76.6 Å². The summed E-state index contributed by atoms with van der Waals surface area (Å²) in [5.74, 6) is 0. The van der Waals surface area contributed by atoms with Crippen LogP contribution in [0.5, 0.6) is 0 Å². The first-order valence-electron chi connectivity index (χ1n) is 9.71. The molecule has 0 aliphatic carbocycles. The van der Waals surface area contributed by atoms with E-state index in [0.717, 1.165) is 27.6 Å². The molecule has 0 spiro atoms. The van der Waals surface area contributed by atoms with E-state index in [1.54, 1.807) is 6.20 Å². The van der Waals surface area contributed by atoms with Gasteiger partial charge in [0.15, 0.2) is 5.11 Å². The number of rotatable bonds is 8. The average Bonchev–Trinajstić information content (AvgIpc) is 2.75. The highest BCUT2D eigenvalue weighted by molar-refractivity contribution is 9.10. The number of aldehydes is 1. The zero-order chi connectivity index (χ0) is 21.4. The number of pyridine rings is 1. The van der Waals surface area contributed by atoms with E-state index in [2.05, 4.69) is 55.4 Å². The first kappa shape index (κ1) is 22.1. The lowest BCUT2D eigenvalue weighted by molar-refractivity contribution is -0.109. The van der Waals surface area contributed by atoms with E-state index in [9.17, 15) is 4.79 Å². The number of carbonyl (C=O) groups excluding carboxylic acids is 1. The van der Waals surface area contributed by atoms with E-state index in [-0.39, 0.29) is 6.42 Å². The molecule has 0 amide bonds. The fraction of sp³-hybridized carbons (Fsp3) is 0.208. The molecule has 0 saturated heterocycles. The Kier molecular flexibility index (Phi) is 7.71. The third-order valence-electron chi connectivity index (χ3n) is 4.88. The number of hydrogen-bond acceptors (Lipinski definition) is 3. The van der Waals surface area contributed by atoms with Crippen LogP contribution in [0.4, 0.5) is 0 Å². The Morgan fingerprint density at radius 2 is 1.63 bits per heavy atom. The van der Waals surface area contributed by atoms with Crippen LogP contribution in [0.15, 0.2) is 83.5 Å². The number of nitrogens with zero attached hydrogens (tertiary/aromatic N) is 2. The Morgan fingerprint density at radius 3 is 2.13 bits per heavy atom. The Morgan fingerprint density at radius 1 is 1.07 bits per heavy atom. The molecule has 0 unspecified atom stereocenters. The summed E-state index contributed by atoms with van der Waals surface area (Å²) in [6, 6.07) is 24.2. The van der Waals surface area contributed by atoms with Crippen LogP contribution in [-0.2, 0) is 23.4 Å². The summed E-state index contributed by atoms with van der Waals surface area (Å²) in [6.45, 7) is 3.26. The van der Waals surface area contributed by atoms with Gasteiger partial charge >= 0.3 is 0 Å². The van der Waals surface area contributed by atoms with Crippen LogP contribution in [0.25, 0.3) is 0 Å². The van der Waals surface area contributed by atoms with Gasteiger partial charge in [-0.25, -0.2) is 0 Å². The fourth-order valence-corrected chi connectivity index (χ4v) is 3.90. The van der Waals surface area contributed by atoms with Crippen LogP contribution >= 0.6 is 28.1 Å². The lowest BCUT2D eigenvalue weighted by atomic mass is 9.93. The Balaban J connectivity index is 1.87. The van der Waals surface area contributed by atoms with Gasteiger partial charge in [-0.15, -0.1) is 0 Å². The minimum Gasteiger partial charge on any atom is -0.351 e. The van der Waals surface area contributed by atoms with Crippen molar-refractivity contribution in [2.24, 2.45) is 0 Å². The van der Waals surface area contributed by atoms with E-state index in [1.165, 1.54) is 0 Å². The molecule has 4 nitrogen and oxygen atoms in total. The molecule has 0 bridgehead atoms. The second-order valence-electron chi connectivity index (χ2n) is 7.32. The molecule has 3 aromatic rings. The maximum Gasteiger partial charge on any atom is 0.170 e. The van der Waals surface area contributed by atoms with Gasteiger partial charge in [0.25, 0.3) is 0 Å². The average molecular weight is 482 g/mol. The molecule has 0 aliphatic rings. The van der Waals surface area contributed by atoms with Gasteiger partial charge in [0, 0.05) is 30.2 Å². The lowest BCUT2D eigenvalue weighted by Crippen LogP contribution is -2.50. The molecule has 2 aromatic carbocycles. The largest absolute Gasteiger partial charge is 0.351 e. The van der Waals surface area contributed by atoms with E-state index in [1.807, 2.05) is 55.5 Å². The van der Waals surface area contributed by atoms with Crippen molar-refractivity contribution in [1.82, 2.24) is 15.2 Å². The number of halogens is 1. The normalized spacial score (nSPS) is 12.6. The van der Waals surface area contributed by atoms with E-state index >= 15 is 0 Å². The third kappa shape index (κ3) is 5.97. The maximum absolute atomic E-state index is 11.5. The monoisotopic (exact) mass is 481 g/mol. The summed E-state index contributed by atoms with van der Waals surface area (Å²) < 4.78 is 0.905.